The lowest BCUT2D eigenvalue weighted by Crippen LogP contribution is -2.31. The summed E-state index contributed by atoms with van der Waals surface area (Å²) in [6.07, 6.45) is -0.409. The van der Waals surface area contributed by atoms with Gasteiger partial charge in [0.15, 0.2) is 11.6 Å². The number of carbonyl (C=O) groups excluding carboxylic acids is 1. The quantitative estimate of drug-likeness (QED) is 0.557. The van der Waals surface area contributed by atoms with Gasteiger partial charge in [-0.1, -0.05) is 0 Å². The van der Waals surface area contributed by atoms with E-state index in [1.54, 1.807) is 25.1 Å². The number of nitrogens with one attached hydrogen (secondary N) is 1. The second kappa shape index (κ2) is 8.00. The first kappa shape index (κ1) is 20.5. The van der Waals surface area contributed by atoms with Gasteiger partial charge in [0.2, 0.25) is 0 Å². The first-order valence-electron chi connectivity index (χ1n) is 8.44. The summed E-state index contributed by atoms with van der Waals surface area (Å²) in [6.45, 7) is 1.92. The van der Waals surface area contributed by atoms with Crippen LogP contribution in [0.3, 0.4) is 0 Å². The number of benzene rings is 2. The Morgan fingerprint density at radius 1 is 1.21 bits per heavy atom. The topological polar surface area (TPSA) is 89.9 Å². The Hall–Kier alpha value is -2.27. The second-order valence-corrected chi connectivity index (χ2v) is 7.80. The van der Waals surface area contributed by atoms with E-state index in [1.165, 1.54) is 4.90 Å². The molecule has 0 saturated carbocycles. The summed E-state index contributed by atoms with van der Waals surface area (Å²) in [5.74, 6) is -5.23. The predicted octanol–water partition coefficient (Wildman–Crippen LogP) is 3.53. The Morgan fingerprint density at radius 3 is 2.50 bits per heavy atom. The van der Waals surface area contributed by atoms with Crippen molar-refractivity contribution in [3.8, 4) is 0 Å². The largest absolute Gasteiger partial charge is 0.478 e. The number of halogens is 3. The summed E-state index contributed by atoms with van der Waals surface area (Å²) < 4.78 is 30.4. The van der Waals surface area contributed by atoms with Gasteiger partial charge in [-0.15, -0.1) is 0 Å². The molecule has 6 nitrogen and oxygen atoms in total. The molecule has 1 atom stereocenters. The lowest BCUT2D eigenvalue weighted by atomic mass is 10.0. The fourth-order valence-electron chi connectivity index (χ4n) is 3.07. The number of carboxylic acids is 1. The second-order valence-electron chi connectivity index (χ2n) is 6.56. The van der Waals surface area contributed by atoms with Crippen LogP contribution in [-0.2, 0) is 0 Å². The van der Waals surface area contributed by atoms with Gasteiger partial charge < -0.3 is 20.4 Å². The van der Waals surface area contributed by atoms with Crippen molar-refractivity contribution in [2.75, 3.05) is 18.4 Å². The van der Waals surface area contributed by atoms with Crippen LogP contribution in [0.15, 0.2) is 24.3 Å². The molecule has 0 bridgehead atoms. The number of β-amino-alcohol motifs (C(OH)–C–C–N with tert-alkyl or cyclic N) is 1. The highest BCUT2D eigenvalue weighted by Gasteiger charge is 2.31. The number of hydrogen-bond donors (Lipinski definition) is 3. The number of amides is 1. The normalized spacial score (nSPS) is 16.3. The van der Waals surface area contributed by atoms with Crippen LogP contribution in [0.1, 0.15) is 32.7 Å². The molecular weight excluding hydrogens is 485 g/mol. The smallest absolute Gasteiger partial charge is 0.337 e. The van der Waals surface area contributed by atoms with Crippen LogP contribution in [0.25, 0.3) is 0 Å². The van der Waals surface area contributed by atoms with Crippen molar-refractivity contribution < 1.29 is 28.6 Å². The molecule has 1 unspecified atom stereocenters. The monoisotopic (exact) mass is 502 g/mol. The molecule has 9 heteroatoms. The van der Waals surface area contributed by atoms with Gasteiger partial charge in [-0.3, -0.25) is 4.79 Å². The van der Waals surface area contributed by atoms with Gasteiger partial charge in [0, 0.05) is 22.3 Å². The third-order valence-corrected chi connectivity index (χ3v) is 5.24. The molecule has 1 aliphatic rings. The van der Waals surface area contributed by atoms with E-state index in [-0.39, 0.29) is 13.1 Å². The number of aliphatic hydroxyl groups is 1. The first-order chi connectivity index (χ1) is 13.2. The van der Waals surface area contributed by atoms with Crippen molar-refractivity contribution in [1.82, 2.24) is 4.90 Å². The van der Waals surface area contributed by atoms with Gasteiger partial charge >= 0.3 is 5.97 Å². The van der Waals surface area contributed by atoms with Crippen LogP contribution in [0, 0.1) is 22.1 Å². The van der Waals surface area contributed by atoms with Gasteiger partial charge in [-0.2, -0.15) is 0 Å². The number of likely N-dealkylation sites (tertiary alicyclic amines) is 1. The average Bonchev–Trinajstić information content (AvgIpc) is 3.06. The van der Waals surface area contributed by atoms with Crippen LogP contribution in [-0.4, -0.2) is 46.2 Å². The summed E-state index contributed by atoms with van der Waals surface area (Å²) in [5, 5.41) is 21.7. The molecule has 1 saturated heterocycles. The molecule has 1 amide bonds. The molecule has 1 heterocycles. The molecule has 0 aromatic heterocycles. The van der Waals surface area contributed by atoms with Crippen LogP contribution in [0.4, 0.5) is 20.2 Å². The molecule has 0 aliphatic carbocycles. The van der Waals surface area contributed by atoms with Crippen LogP contribution >= 0.6 is 22.6 Å². The molecule has 0 spiro atoms. The Labute approximate surface area is 173 Å². The van der Waals surface area contributed by atoms with Crippen molar-refractivity contribution in [2.24, 2.45) is 0 Å². The number of rotatable bonds is 4. The van der Waals surface area contributed by atoms with Crippen LogP contribution < -0.4 is 5.32 Å². The summed E-state index contributed by atoms with van der Waals surface area (Å²) in [6, 6.07) is 6.00. The Bertz CT molecular complexity index is 967. The van der Waals surface area contributed by atoms with Gasteiger partial charge in [0.05, 0.1) is 22.9 Å². The maximum absolute atomic E-state index is 14.8. The lowest BCUT2D eigenvalue weighted by Gasteiger charge is -2.19. The average molecular weight is 502 g/mol. The minimum Gasteiger partial charge on any atom is -0.478 e. The zero-order chi connectivity index (χ0) is 20.6. The molecule has 3 N–H and O–H groups in total. The number of anilines is 2. The van der Waals surface area contributed by atoms with E-state index in [4.69, 9.17) is 0 Å². The highest BCUT2D eigenvalue weighted by Crippen LogP contribution is 2.31. The Kier molecular flexibility index (Phi) is 5.84. The Morgan fingerprint density at radius 2 is 1.93 bits per heavy atom. The highest BCUT2D eigenvalue weighted by molar-refractivity contribution is 14.1. The lowest BCUT2D eigenvalue weighted by molar-refractivity contribution is 0.0697. The maximum atomic E-state index is 14.8. The predicted molar refractivity (Wildman–Crippen MR) is 107 cm³/mol. The van der Waals surface area contributed by atoms with E-state index in [9.17, 15) is 28.6 Å². The van der Waals surface area contributed by atoms with E-state index >= 15 is 0 Å². The minimum absolute atomic E-state index is 0.00978. The molecule has 2 aromatic carbocycles. The number of aromatic carboxylic acids is 1. The van der Waals surface area contributed by atoms with E-state index in [0.29, 0.717) is 17.7 Å². The fraction of sp³-hybridized carbons (Fsp3) is 0.263. The fourth-order valence-corrected chi connectivity index (χ4v) is 3.72. The zero-order valence-corrected chi connectivity index (χ0v) is 17.0. The van der Waals surface area contributed by atoms with Crippen molar-refractivity contribution in [1.29, 1.82) is 0 Å². The minimum atomic E-state index is -1.50. The zero-order valence-electron chi connectivity index (χ0n) is 14.8. The maximum Gasteiger partial charge on any atom is 0.337 e. The van der Waals surface area contributed by atoms with Crippen molar-refractivity contribution in [3.05, 3.63) is 56.2 Å². The highest BCUT2D eigenvalue weighted by atomic mass is 127. The summed E-state index contributed by atoms with van der Waals surface area (Å²) in [4.78, 5) is 25.3. The van der Waals surface area contributed by atoms with Gasteiger partial charge in [0.25, 0.3) is 5.91 Å². The van der Waals surface area contributed by atoms with Gasteiger partial charge in [0.1, 0.15) is 0 Å². The van der Waals surface area contributed by atoms with Gasteiger partial charge in [-0.25, -0.2) is 13.6 Å². The van der Waals surface area contributed by atoms with Crippen molar-refractivity contribution in [3.63, 3.8) is 0 Å². The van der Waals surface area contributed by atoms with Crippen molar-refractivity contribution >= 4 is 45.8 Å². The standard InChI is InChI=1S/C19H17F2IN2O4/c1-9-6-10(22)2-3-14(9)23-17-13(19(27)28)7-12(15(20)16(17)21)18(26)24-5-4-11(25)8-24/h2-3,6-7,11,23,25H,4-5,8H2,1H3,(H,27,28). The molecule has 2 aromatic rings. The van der Waals surface area contributed by atoms with E-state index in [1.807, 2.05) is 0 Å². The first-order valence-corrected chi connectivity index (χ1v) is 9.52. The number of hydrogen-bond acceptors (Lipinski definition) is 4. The van der Waals surface area contributed by atoms with E-state index < -0.39 is 46.4 Å². The number of aliphatic hydroxyl groups excluding tert-OH is 1. The molecule has 1 aliphatic heterocycles. The van der Waals surface area contributed by atoms with Crippen LogP contribution in [0.2, 0.25) is 0 Å². The SMILES string of the molecule is Cc1cc(I)ccc1Nc1c(C(=O)O)cc(C(=O)N2CCC(O)C2)c(F)c1F. The molecular formula is C19H17F2IN2O4. The van der Waals surface area contributed by atoms with E-state index in [0.717, 1.165) is 9.64 Å². The number of carboxylic acid groups (broad SMARTS) is 1. The number of carbonyl (C=O) groups is 2. The molecule has 3 rings (SSSR count). The summed E-state index contributed by atoms with van der Waals surface area (Å²) >= 11 is 2.10. The third-order valence-electron chi connectivity index (χ3n) is 4.57. The molecule has 0 radical (unpaired) electrons. The summed E-state index contributed by atoms with van der Waals surface area (Å²) in [7, 11) is 0. The molecule has 28 heavy (non-hydrogen) atoms. The summed E-state index contributed by atoms with van der Waals surface area (Å²) in [5.41, 5.74) is -0.640. The van der Waals surface area contributed by atoms with Crippen molar-refractivity contribution in [2.45, 2.75) is 19.4 Å². The van der Waals surface area contributed by atoms with E-state index in [2.05, 4.69) is 27.9 Å². The van der Waals surface area contributed by atoms with Crippen LogP contribution in [0.5, 0.6) is 0 Å². The van der Waals surface area contributed by atoms with Gasteiger partial charge in [-0.05, 0) is 65.8 Å². The molecule has 1 fully saturated rings. The molecule has 148 valence electrons. The number of nitrogens with zero attached hydrogens (tertiary/aromatic N) is 1. The number of aryl methyl sites for hydroxylation is 1. The Balaban J connectivity index is 2.05. The third kappa shape index (κ3) is 3.95.